The van der Waals surface area contributed by atoms with Crippen LogP contribution in [0.15, 0.2) is 30.4 Å². The largest absolute Gasteiger partial charge is 0.508 e. The lowest BCUT2D eigenvalue weighted by Gasteiger charge is -2.22. The Balaban J connectivity index is 2.02. The summed E-state index contributed by atoms with van der Waals surface area (Å²) >= 11 is 0. The summed E-state index contributed by atoms with van der Waals surface area (Å²) in [5, 5.41) is 30.7. The third kappa shape index (κ3) is 4.80. The zero-order chi connectivity index (χ0) is 21.3. The molecule has 5 atom stereocenters. The van der Waals surface area contributed by atoms with Gasteiger partial charge in [-0.05, 0) is 38.8 Å². The Bertz CT molecular complexity index is 827. The molecule has 29 heavy (non-hydrogen) atoms. The molecule has 1 aromatic carbocycles. The lowest BCUT2D eigenvalue weighted by molar-refractivity contribution is -0.152. The van der Waals surface area contributed by atoms with Gasteiger partial charge in [0.05, 0.1) is 6.10 Å². The first-order chi connectivity index (χ1) is 13.6. The number of hydrogen-bond acceptors (Lipinski definition) is 7. The van der Waals surface area contributed by atoms with Gasteiger partial charge in [-0.1, -0.05) is 31.2 Å². The average molecular weight is 404 g/mol. The smallest absolute Gasteiger partial charge is 0.342 e. The monoisotopic (exact) mass is 404 g/mol. The van der Waals surface area contributed by atoms with Crippen LogP contribution < -0.4 is 0 Å². The molecule has 3 rings (SSSR count). The summed E-state index contributed by atoms with van der Waals surface area (Å²) in [7, 11) is 0. The summed E-state index contributed by atoms with van der Waals surface area (Å²) < 4.78 is 17.3. The van der Waals surface area contributed by atoms with Gasteiger partial charge >= 0.3 is 5.97 Å². The molecule has 0 aromatic heterocycles. The van der Waals surface area contributed by atoms with Crippen LogP contribution in [0.25, 0.3) is 6.08 Å². The topological polar surface area (TPSA) is 105 Å². The third-order valence-electron chi connectivity index (χ3n) is 5.21. The number of aliphatic hydroxyl groups excluding tert-OH is 1. The summed E-state index contributed by atoms with van der Waals surface area (Å²) in [5.74, 6) is -2.24. The molecule has 0 spiro atoms. The van der Waals surface area contributed by atoms with Crippen LogP contribution in [0.2, 0.25) is 0 Å². The first kappa shape index (κ1) is 21.4. The van der Waals surface area contributed by atoms with Crippen molar-refractivity contribution in [1.29, 1.82) is 0 Å². The highest BCUT2D eigenvalue weighted by molar-refractivity contribution is 5.97. The molecule has 1 fully saturated rings. The molecule has 7 nitrogen and oxygen atoms in total. The zero-order valence-electron chi connectivity index (χ0n) is 17.0. The van der Waals surface area contributed by atoms with E-state index in [1.165, 1.54) is 6.07 Å². The van der Waals surface area contributed by atoms with E-state index < -0.39 is 36.2 Å². The lowest BCUT2D eigenvalue weighted by atomic mass is 9.99. The van der Waals surface area contributed by atoms with Gasteiger partial charge < -0.3 is 29.5 Å². The van der Waals surface area contributed by atoms with Crippen LogP contribution in [0.4, 0.5) is 0 Å². The van der Waals surface area contributed by atoms with Gasteiger partial charge in [-0.25, -0.2) is 4.79 Å². The number of carbonyl (C=O) groups is 1. The Kier molecular flexibility index (Phi) is 6.03. The van der Waals surface area contributed by atoms with Gasteiger partial charge in [0.15, 0.2) is 5.79 Å². The maximum absolute atomic E-state index is 12.7. The fourth-order valence-electron chi connectivity index (χ4n) is 3.54. The quantitative estimate of drug-likeness (QED) is 0.451. The molecule has 158 valence electrons. The van der Waals surface area contributed by atoms with Crippen LogP contribution in [0, 0.1) is 5.92 Å². The van der Waals surface area contributed by atoms with E-state index in [4.69, 9.17) is 14.2 Å². The molecule has 0 saturated carbocycles. The number of aliphatic hydroxyl groups is 1. The summed E-state index contributed by atoms with van der Waals surface area (Å²) in [6.07, 6.45) is 4.82. The number of esters is 1. The van der Waals surface area contributed by atoms with Crippen molar-refractivity contribution < 1.29 is 34.3 Å². The zero-order valence-corrected chi connectivity index (χ0v) is 17.0. The number of cyclic esters (lactones) is 1. The number of phenolic OH excluding ortho intramolecular Hbond substituents is 2. The third-order valence-corrected chi connectivity index (χ3v) is 5.21. The van der Waals surface area contributed by atoms with Crippen molar-refractivity contribution in [2.24, 2.45) is 5.92 Å². The summed E-state index contributed by atoms with van der Waals surface area (Å²) in [6, 6.07) is 2.49. The van der Waals surface area contributed by atoms with Crippen LogP contribution in [-0.2, 0) is 14.2 Å². The molecule has 0 bridgehead atoms. The molecule has 1 saturated heterocycles. The molecule has 0 radical (unpaired) electrons. The normalized spacial score (nSPS) is 32.2. The van der Waals surface area contributed by atoms with E-state index in [1.807, 2.05) is 6.92 Å². The van der Waals surface area contributed by atoms with Gasteiger partial charge in [0.25, 0.3) is 0 Å². The molecule has 2 heterocycles. The van der Waals surface area contributed by atoms with E-state index in [-0.39, 0.29) is 23.0 Å². The Hall–Kier alpha value is -2.35. The van der Waals surface area contributed by atoms with Gasteiger partial charge in [0.1, 0.15) is 35.4 Å². The molecular weight excluding hydrogens is 376 g/mol. The fraction of sp³-hybridized carbons (Fsp3) is 0.500. The first-order valence-electron chi connectivity index (χ1n) is 9.73. The van der Waals surface area contributed by atoms with Gasteiger partial charge in [-0.2, -0.15) is 0 Å². The van der Waals surface area contributed by atoms with Gasteiger partial charge in [0, 0.05) is 12.0 Å². The number of phenols is 2. The molecule has 3 N–H and O–H groups in total. The number of aromatic hydroxyl groups is 2. The second-order valence-electron chi connectivity index (χ2n) is 8.05. The minimum Gasteiger partial charge on any atom is -0.508 e. The molecule has 0 amide bonds. The molecule has 7 heteroatoms. The van der Waals surface area contributed by atoms with Crippen molar-refractivity contribution in [1.82, 2.24) is 0 Å². The predicted molar refractivity (Wildman–Crippen MR) is 106 cm³/mol. The van der Waals surface area contributed by atoms with Crippen molar-refractivity contribution in [2.75, 3.05) is 0 Å². The molecule has 0 aliphatic carbocycles. The van der Waals surface area contributed by atoms with Gasteiger partial charge in [-0.15, -0.1) is 0 Å². The van der Waals surface area contributed by atoms with E-state index in [0.29, 0.717) is 12.0 Å². The van der Waals surface area contributed by atoms with Crippen LogP contribution in [-0.4, -0.2) is 51.5 Å². The Morgan fingerprint density at radius 1 is 1.10 bits per heavy atom. The minimum absolute atomic E-state index is 0.0142. The number of hydrogen-bond donors (Lipinski definition) is 3. The van der Waals surface area contributed by atoms with E-state index in [2.05, 4.69) is 0 Å². The first-order valence-corrected chi connectivity index (χ1v) is 9.73. The highest BCUT2D eigenvalue weighted by atomic mass is 16.8. The maximum atomic E-state index is 12.7. The Morgan fingerprint density at radius 3 is 2.55 bits per heavy atom. The van der Waals surface area contributed by atoms with Crippen molar-refractivity contribution >= 4 is 12.0 Å². The number of rotatable bonds is 0. The van der Waals surface area contributed by atoms with Crippen molar-refractivity contribution in [2.45, 2.75) is 64.3 Å². The summed E-state index contributed by atoms with van der Waals surface area (Å²) in [5.41, 5.74) is 0.315. The molecule has 2 aliphatic rings. The average Bonchev–Trinajstić information content (AvgIpc) is 2.92. The van der Waals surface area contributed by atoms with E-state index in [0.717, 1.165) is 6.07 Å². The molecule has 4 unspecified atom stereocenters. The van der Waals surface area contributed by atoms with Crippen LogP contribution in [0.5, 0.6) is 11.5 Å². The van der Waals surface area contributed by atoms with Crippen molar-refractivity contribution in [3.05, 3.63) is 41.5 Å². The number of ether oxygens (including phenoxy) is 3. The SMILES string of the molecule is CC1OC(=O)c2c(O)cc(O)cc2C=CCC2OC(C)(C)OC2C(O)C=C[C@H]1C. The van der Waals surface area contributed by atoms with Crippen LogP contribution in [0.1, 0.15) is 50.0 Å². The predicted octanol–water partition coefficient (Wildman–Crippen LogP) is 3.13. The highest BCUT2D eigenvalue weighted by Gasteiger charge is 2.43. The highest BCUT2D eigenvalue weighted by Crippen LogP contribution is 2.34. The van der Waals surface area contributed by atoms with Crippen LogP contribution >= 0.6 is 0 Å². The number of benzene rings is 1. The minimum atomic E-state index is -0.885. The fourth-order valence-corrected chi connectivity index (χ4v) is 3.54. The molecule has 2 aliphatic heterocycles. The van der Waals surface area contributed by atoms with Crippen molar-refractivity contribution in [3.63, 3.8) is 0 Å². The van der Waals surface area contributed by atoms with Gasteiger partial charge in [0.2, 0.25) is 0 Å². The van der Waals surface area contributed by atoms with E-state index in [1.54, 1.807) is 45.1 Å². The van der Waals surface area contributed by atoms with E-state index in [9.17, 15) is 20.1 Å². The number of carbonyl (C=O) groups excluding carboxylic acids is 1. The molecular formula is C22H28O7. The standard InChI is InChI=1S/C22H28O7/c1-12-8-9-16(24)20-18(28-22(3,4)29-20)7-5-6-14-10-15(23)11-17(25)19(14)21(26)27-13(12)2/h5-6,8-13,16,18,20,23-25H,7H2,1-4H3/t12-,13?,16?,18?,20?/m1/s1. The summed E-state index contributed by atoms with van der Waals surface area (Å²) in [4.78, 5) is 12.7. The lowest BCUT2D eigenvalue weighted by Crippen LogP contribution is -2.34. The second-order valence-corrected chi connectivity index (χ2v) is 8.05. The summed E-state index contributed by atoms with van der Waals surface area (Å²) in [6.45, 7) is 7.17. The maximum Gasteiger partial charge on any atom is 0.342 e. The van der Waals surface area contributed by atoms with Crippen LogP contribution in [0.3, 0.4) is 0 Å². The van der Waals surface area contributed by atoms with Gasteiger partial charge in [-0.3, -0.25) is 0 Å². The Morgan fingerprint density at radius 2 is 1.83 bits per heavy atom. The Labute approximate surface area is 170 Å². The van der Waals surface area contributed by atoms with Crippen molar-refractivity contribution in [3.8, 4) is 11.5 Å². The van der Waals surface area contributed by atoms with E-state index >= 15 is 0 Å². The second kappa shape index (κ2) is 8.18. The number of fused-ring (bicyclic) bond motifs is 2. The molecule has 1 aromatic rings.